The van der Waals surface area contributed by atoms with Crippen molar-refractivity contribution in [3.8, 4) is 11.4 Å². The maximum absolute atomic E-state index is 3.49. The number of fused-ring (bicyclic) bond motifs is 6. The van der Waals surface area contributed by atoms with E-state index in [9.17, 15) is 0 Å². The van der Waals surface area contributed by atoms with Crippen LogP contribution in [0.1, 0.15) is 11.1 Å². The van der Waals surface area contributed by atoms with Crippen molar-refractivity contribution in [3.05, 3.63) is 266 Å². The Morgan fingerprint density at radius 1 is 0.273 bits per heavy atom. The van der Waals surface area contributed by atoms with E-state index in [1.165, 1.54) is 43.6 Å². The van der Waals surface area contributed by atoms with Crippen molar-refractivity contribution in [1.82, 2.24) is 13.6 Å². The van der Waals surface area contributed by atoms with Crippen LogP contribution in [0.5, 0.6) is 0 Å². The van der Waals surface area contributed by atoms with Crippen LogP contribution in [-0.4, -0.2) is 9.13 Å². The summed E-state index contributed by atoms with van der Waals surface area (Å²) in [5.74, 6) is 0. The molecule has 66 heavy (non-hydrogen) atoms. The lowest BCUT2D eigenvalue weighted by Gasteiger charge is -2.37. The van der Waals surface area contributed by atoms with Crippen molar-refractivity contribution in [2.45, 2.75) is 0 Å². The smallest absolute Gasteiger partial charge is 0.148 e. The van der Waals surface area contributed by atoms with Crippen LogP contribution >= 0.6 is 0 Å². The van der Waals surface area contributed by atoms with E-state index < -0.39 is 0 Å². The minimum Gasteiger partial charge on any atom is -0.356 e. The third-order valence-electron chi connectivity index (χ3n) is 13.0. The second-order valence-corrected chi connectivity index (χ2v) is 16.8. The average Bonchev–Trinajstić information content (AvgIpc) is 3.91. The summed E-state index contributed by atoms with van der Waals surface area (Å²) in [6, 6.07) is 92.0. The number of hydrogen-bond acceptors (Lipinski definition) is 1. The number of nitrogens with one attached hydrogen (secondary N) is 1. The van der Waals surface area contributed by atoms with Crippen LogP contribution in [0, 0.1) is 0 Å². The summed E-state index contributed by atoms with van der Waals surface area (Å²) >= 11 is 0. The maximum atomic E-state index is 3.49. The molecule has 4 heteroatoms. The van der Waals surface area contributed by atoms with Crippen LogP contribution in [0.3, 0.4) is 0 Å². The summed E-state index contributed by atoms with van der Waals surface area (Å²) in [7, 11) is 0. The molecular formula is C62H45N4+. The van der Waals surface area contributed by atoms with Crippen LogP contribution in [-0.2, 0) is 0 Å². The highest BCUT2D eigenvalue weighted by Crippen LogP contribution is 2.52. The van der Waals surface area contributed by atoms with Crippen molar-refractivity contribution in [1.29, 1.82) is 0 Å². The lowest BCUT2D eigenvalue weighted by Crippen LogP contribution is -2.33. The number of nitrogens with zero attached hydrogens (tertiary/aromatic N) is 3. The Labute approximate surface area is 384 Å². The van der Waals surface area contributed by atoms with Gasteiger partial charge in [0.15, 0.2) is 0 Å². The molecular weight excluding hydrogens is 801 g/mol. The fourth-order valence-corrected chi connectivity index (χ4v) is 9.97. The zero-order valence-electron chi connectivity index (χ0n) is 36.2. The number of anilines is 2. The molecule has 12 rings (SSSR count). The molecule has 2 aromatic heterocycles. The fourth-order valence-electron chi connectivity index (χ4n) is 9.97. The molecule has 0 fully saturated rings. The second-order valence-electron chi connectivity index (χ2n) is 16.8. The molecule has 312 valence electrons. The van der Waals surface area contributed by atoms with Gasteiger partial charge in [-0.05, 0) is 96.1 Å². The van der Waals surface area contributed by atoms with Gasteiger partial charge in [0.25, 0.3) is 0 Å². The Bertz CT molecular complexity index is 3410. The van der Waals surface area contributed by atoms with E-state index in [2.05, 4.69) is 263 Å². The molecule has 12 aromatic rings. The summed E-state index contributed by atoms with van der Waals surface area (Å²) in [4.78, 5) is 0. The predicted molar refractivity (Wildman–Crippen MR) is 280 cm³/mol. The van der Waals surface area contributed by atoms with Gasteiger partial charge in [-0.1, -0.05) is 133 Å². The molecule has 0 saturated carbocycles. The monoisotopic (exact) mass is 845 g/mol. The Morgan fingerprint density at radius 2 is 0.576 bits per heavy atom. The quantitative estimate of drug-likeness (QED) is 0.107. The molecule has 4 nitrogen and oxygen atoms in total. The first-order chi connectivity index (χ1) is 32.7. The van der Waals surface area contributed by atoms with Gasteiger partial charge in [0.05, 0.1) is 22.1 Å². The van der Waals surface area contributed by atoms with Gasteiger partial charge in [0.2, 0.25) is 0 Å². The zero-order chi connectivity index (χ0) is 43.9. The number of aromatic nitrogens is 2. The third-order valence-corrected chi connectivity index (χ3v) is 13.0. The molecule has 0 saturated heterocycles. The Balaban J connectivity index is 0.986. The van der Waals surface area contributed by atoms with Gasteiger partial charge in [-0.25, -0.2) is 0 Å². The van der Waals surface area contributed by atoms with Crippen LogP contribution in [0.2, 0.25) is 0 Å². The number of benzene rings is 10. The molecule has 0 atom stereocenters. The second kappa shape index (κ2) is 16.5. The summed E-state index contributed by atoms with van der Waals surface area (Å²) in [5, 5.41) is 8.49. The van der Waals surface area contributed by atoms with Crippen molar-refractivity contribution >= 4 is 89.9 Å². The molecule has 0 aliphatic rings. The number of para-hydroxylation sites is 6. The molecule has 0 spiro atoms. The standard InChI is InChI=1S/C62H45N4/c1-3-15-47(16-4-1)63-48-33-29-45(30-34-48)27-28-46-31-39-52(40-32-46)66(51-17-5-2-6-18-51,53-41-35-49(36-42-53)64-59-23-11-7-19-55(59)56-20-8-12-24-60(56)64)54-43-37-50(38-44-54)65-61-25-13-9-21-57(61)58-22-10-14-26-62(58)65/h1-44,63H/q+1. The van der Waals surface area contributed by atoms with Crippen molar-refractivity contribution in [2.24, 2.45) is 0 Å². The molecule has 0 amide bonds. The van der Waals surface area contributed by atoms with Gasteiger partial charge in [-0.15, -0.1) is 0 Å². The van der Waals surface area contributed by atoms with Crippen LogP contribution < -0.4 is 9.80 Å². The van der Waals surface area contributed by atoms with E-state index in [1.54, 1.807) is 0 Å². The van der Waals surface area contributed by atoms with Gasteiger partial charge in [0, 0.05) is 92.8 Å². The highest BCUT2D eigenvalue weighted by molar-refractivity contribution is 6.10. The maximum Gasteiger partial charge on any atom is 0.148 e. The molecule has 0 aliphatic heterocycles. The van der Waals surface area contributed by atoms with E-state index in [0.717, 1.165) is 56.6 Å². The van der Waals surface area contributed by atoms with E-state index >= 15 is 0 Å². The fraction of sp³-hybridized carbons (Fsp3) is 0. The molecule has 0 unspecified atom stereocenters. The predicted octanol–water partition coefficient (Wildman–Crippen LogP) is 17.1. The lowest BCUT2D eigenvalue weighted by molar-refractivity contribution is 0.703. The third kappa shape index (κ3) is 6.67. The first-order valence-electron chi connectivity index (χ1n) is 22.6. The summed E-state index contributed by atoms with van der Waals surface area (Å²) in [6.45, 7) is 0. The van der Waals surface area contributed by atoms with Gasteiger partial charge >= 0.3 is 0 Å². The zero-order valence-corrected chi connectivity index (χ0v) is 36.2. The minimum absolute atomic E-state index is 0.377. The highest BCUT2D eigenvalue weighted by Gasteiger charge is 2.39. The first kappa shape index (κ1) is 38.9. The van der Waals surface area contributed by atoms with Crippen LogP contribution in [0.25, 0.3) is 67.1 Å². The van der Waals surface area contributed by atoms with Gasteiger partial charge in [0.1, 0.15) is 22.7 Å². The molecule has 0 aliphatic carbocycles. The topological polar surface area (TPSA) is 21.9 Å². The Kier molecular flexibility index (Phi) is 9.70. The Hall–Kier alpha value is -8.70. The van der Waals surface area contributed by atoms with Crippen molar-refractivity contribution < 1.29 is 0 Å². The van der Waals surface area contributed by atoms with E-state index in [-0.39, 0.29) is 0 Å². The minimum atomic E-state index is 0.377. The van der Waals surface area contributed by atoms with Crippen molar-refractivity contribution in [2.75, 3.05) is 5.32 Å². The molecule has 2 heterocycles. The van der Waals surface area contributed by atoms with Gasteiger partial charge < -0.3 is 14.5 Å². The van der Waals surface area contributed by atoms with Gasteiger partial charge in [-0.2, -0.15) is 4.48 Å². The molecule has 0 radical (unpaired) electrons. The summed E-state index contributed by atoms with van der Waals surface area (Å²) in [5.41, 5.74) is 15.9. The highest BCUT2D eigenvalue weighted by atomic mass is 15.4. The SMILES string of the molecule is C(=Cc1ccc([N+](c2ccccc2)(c2ccc(-n3c4ccccc4c4ccccc43)cc2)c2ccc(-n3c4ccccc4c4ccccc43)cc2)cc1)c1ccc(Nc2ccccc2)cc1. The lowest BCUT2D eigenvalue weighted by atomic mass is 10.0. The van der Waals surface area contributed by atoms with E-state index in [0.29, 0.717) is 4.48 Å². The van der Waals surface area contributed by atoms with Crippen LogP contribution in [0.15, 0.2) is 255 Å². The normalized spacial score (nSPS) is 11.9. The van der Waals surface area contributed by atoms with E-state index in [4.69, 9.17) is 0 Å². The average molecular weight is 846 g/mol. The Morgan fingerprint density at radius 3 is 0.985 bits per heavy atom. The number of rotatable bonds is 10. The summed E-state index contributed by atoms with van der Waals surface area (Å²) in [6.07, 6.45) is 4.38. The molecule has 0 bridgehead atoms. The number of quaternary nitrogens is 1. The van der Waals surface area contributed by atoms with E-state index in [1.807, 2.05) is 18.2 Å². The number of hydrogen-bond donors (Lipinski definition) is 1. The largest absolute Gasteiger partial charge is 0.356 e. The van der Waals surface area contributed by atoms with Crippen molar-refractivity contribution in [3.63, 3.8) is 0 Å². The molecule has 1 N–H and O–H groups in total. The first-order valence-corrected chi connectivity index (χ1v) is 22.6. The van der Waals surface area contributed by atoms with Gasteiger partial charge in [-0.3, -0.25) is 0 Å². The molecule has 10 aromatic carbocycles. The van der Waals surface area contributed by atoms with Crippen LogP contribution in [0.4, 0.5) is 34.1 Å². The summed E-state index contributed by atoms with van der Waals surface area (Å²) < 4.78 is 5.16.